The summed E-state index contributed by atoms with van der Waals surface area (Å²) in [6.07, 6.45) is 3.28. The molecule has 0 saturated carbocycles. The van der Waals surface area contributed by atoms with Crippen LogP contribution in [0.3, 0.4) is 0 Å². The van der Waals surface area contributed by atoms with Crippen LogP contribution >= 0.6 is 11.6 Å². The zero-order chi connectivity index (χ0) is 24.6. The van der Waals surface area contributed by atoms with E-state index in [-0.39, 0.29) is 13.4 Å². The molecule has 8 heteroatoms. The van der Waals surface area contributed by atoms with Crippen molar-refractivity contribution in [2.24, 2.45) is 0 Å². The minimum atomic E-state index is -0.495. The minimum absolute atomic E-state index is 0. The second-order valence-corrected chi connectivity index (χ2v) is 9.45. The highest BCUT2D eigenvalue weighted by molar-refractivity contribution is 6.30. The van der Waals surface area contributed by atoms with Gasteiger partial charge in [-0.1, -0.05) is 11.6 Å². The van der Waals surface area contributed by atoms with Crippen molar-refractivity contribution in [3.05, 3.63) is 71.0 Å². The SMILES string of the molecule is COC[C@H](C)Oc1ccc(C(=O)N2CCC3(CC2)Oc2cc(Cl)ccc2-n2cccc23)cc1OC.[HH]. The van der Waals surface area contributed by atoms with E-state index >= 15 is 0 Å². The van der Waals surface area contributed by atoms with Gasteiger partial charge in [0.05, 0.1) is 25.1 Å². The van der Waals surface area contributed by atoms with E-state index < -0.39 is 5.60 Å². The van der Waals surface area contributed by atoms with E-state index in [2.05, 4.69) is 10.6 Å². The molecule has 0 unspecified atom stereocenters. The Bertz CT molecular complexity index is 1240. The van der Waals surface area contributed by atoms with E-state index in [1.165, 1.54) is 0 Å². The third kappa shape index (κ3) is 4.34. The highest BCUT2D eigenvalue weighted by Crippen LogP contribution is 2.46. The predicted molar refractivity (Wildman–Crippen MR) is 135 cm³/mol. The lowest BCUT2D eigenvalue weighted by Crippen LogP contribution is -2.50. The van der Waals surface area contributed by atoms with Crippen molar-refractivity contribution in [3.63, 3.8) is 0 Å². The number of carbonyl (C=O) groups excluding carboxylic acids is 1. The molecule has 2 aliphatic rings. The van der Waals surface area contributed by atoms with Gasteiger partial charge in [0.15, 0.2) is 17.1 Å². The van der Waals surface area contributed by atoms with E-state index in [4.69, 9.17) is 30.5 Å². The smallest absolute Gasteiger partial charge is 0.253 e. The van der Waals surface area contributed by atoms with Crippen molar-refractivity contribution >= 4 is 17.5 Å². The molecule has 1 fully saturated rings. The van der Waals surface area contributed by atoms with Gasteiger partial charge in [0.1, 0.15) is 11.9 Å². The van der Waals surface area contributed by atoms with Crippen LogP contribution in [-0.4, -0.2) is 55.4 Å². The van der Waals surface area contributed by atoms with Gasteiger partial charge in [-0.05, 0) is 49.4 Å². The zero-order valence-corrected chi connectivity index (χ0v) is 20.9. The molecule has 0 radical (unpaired) electrons. The molecule has 1 atom stereocenters. The van der Waals surface area contributed by atoms with Crippen molar-refractivity contribution in [3.8, 4) is 22.9 Å². The molecule has 1 saturated heterocycles. The first kappa shape index (κ1) is 23.6. The Balaban J connectivity index is 0.00000304. The Morgan fingerprint density at radius 2 is 1.94 bits per heavy atom. The lowest BCUT2D eigenvalue weighted by Gasteiger charge is -2.45. The number of hydrogen-bond acceptors (Lipinski definition) is 5. The number of piperidine rings is 1. The summed E-state index contributed by atoms with van der Waals surface area (Å²) in [5, 5.41) is 0.639. The Morgan fingerprint density at radius 1 is 1.14 bits per heavy atom. The van der Waals surface area contributed by atoms with Crippen molar-refractivity contribution in [1.82, 2.24) is 9.47 Å². The summed E-state index contributed by atoms with van der Waals surface area (Å²) >= 11 is 6.25. The van der Waals surface area contributed by atoms with Gasteiger partial charge in [-0.2, -0.15) is 0 Å². The van der Waals surface area contributed by atoms with Crippen LogP contribution in [0, 0.1) is 0 Å². The summed E-state index contributed by atoms with van der Waals surface area (Å²) in [6, 6.07) is 15.1. The van der Waals surface area contributed by atoms with Gasteiger partial charge < -0.3 is 28.4 Å². The molecule has 0 N–H and O–H groups in total. The molecule has 1 amide bonds. The first-order valence-corrected chi connectivity index (χ1v) is 12.1. The zero-order valence-electron chi connectivity index (χ0n) is 20.1. The molecule has 186 valence electrons. The summed E-state index contributed by atoms with van der Waals surface area (Å²) in [4.78, 5) is 15.2. The van der Waals surface area contributed by atoms with E-state index in [9.17, 15) is 4.79 Å². The average molecular weight is 499 g/mol. The number of amides is 1. The molecule has 7 nitrogen and oxygen atoms in total. The molecule has 0 aliphatic carbocycles. The predicted octanol–water partition coefficient (Wildman–Crippen LogP) is 5.32. The van der Waals surface area contributed by atoms with Gasteiger partial charge in [-0.25, -0.2) is 0 Å². The quantitative estimate of drug-likeness (QED) is 0.460. The van der Waals surface area contributed by atoms with Gasteiger partial charge in [-0.3, -0.25) is 4.79 Å². The number of methoxy groups -OCH3 is 2. The average Bonchev–Trinajstić information content (AvgIpc) is 3.36. The fourth-order valence-corrected chi connectivity index (χ4v) is 5.15. The molecule has 3 heterocycles. The highest BCUT2D eigenvalue weighted by atomic mass is 35.5. The van der Waals surface area contributed by atoms with Gasteiger partial charge >= 0.3 is 0 Å². The number of carbonyl (C=O) groups is 1. The second-order valence-electron chi connectivity index (χ2n) is 9.01. The van der Waals surface area contributed by atoms with Crippen LogP contribution in [0.25, 0.3) is 5.69 Å². The Hall–Kier alpha value is -3.16. The monoisotopic (exact) mass is 498 g/mol. The van der Waals surface area contributed by atoms with Crippen molar-refractivity contribution in [1.29, 1.82) is 0 Å². The minimum Gasteiger partial charge on any atom is -0.493 e. The molecule has 2 aromatic carbocycles. The largest absolute Gasteiger partial charge is 0.493 e. The molecule has 5 rings (SSSR count). The van der Waals surface area contributed by atoms with Gasteiger partial charge in [0.2, 0.25) is 0 Å². The van der Waals surface area contributed by atoms with Crippen molar-refractivity contribution in [2.75, 3.05) is 33.9 Å². The number of halogens is 1. The van der Waals surface area contributed by atoms with Crippen molar-refractivity contribution in [2.45, 2.75) is 31.5 Å². The van der Waals surface area contributed by atoms with Gasteiger partial charge in [0.25, 0.3) is 5.91 Å². The molecule has 2 aliphatic heterocycles. The maximum Gasteiger partial charge on any atom is 0.253 e. The van der Waals surface area contributed by atoms with Crippen LogP contribution in [-0.2, 0) is 10.3 Å². The van der Waals surface area contributed by atoms with Crippen LogP contribution in [0.4, 0.5) is 0 Å². The first-order valence-electron chi connectivity index (χ1n) is 11.7. The maximum atomic E-state index is 13.4. The molecule has 1 spiro atoms. The lowest BCUT2D eigenvalue weighted by atomic mass is 9.86. The fraction of sp³-hybridized carbons (Fsp3) is 0.370. The Labute approximate surface area is 211 Å². The summed E-state index contributed by atoms with van der Waals surface area (Å²) in [6.45, 7) is 3.53. The summed E-state index contributed by atoms with van der Waals surface area (Å²) in [7, 11) is 3.20. The molecular formula is C27H31ClN2O5. The third-order valence-electron chi connectivity index (χ3n) is 6.70. The molecule has 3 aromatic rings. The van der Waals surface area contributed by atoms with Crippen LogP contribution in [0.1, 0.15) is 37.2 Å². The molecule has 0 bridgehead atoms. The maximum absolute atomic E-state index is 13.4. The number of fused-ring (bicyclic) bond motifs is 4. The number of hydrogen-bond donors (Lipinski definition) is 0. The summed E-state index contributed by atoms with van der Waals surface area (Å²) in [5.41, 5.74) is 2.15. The van der Waals surface area contributed by atoms with Crippen LogP contribution in [0.15, 0.2) is 54.7 Å². The van der Waals surface area contributed by atoms with Crippen LogP contribution in [0.5, 0.6) is 17.2 Å². The highest BCUT2D eigenvalue weighted by Gasteiger charge is 2.44. The summed E-state index contributed by atoms with van der Waals surface area (Å²) in [5.74, 6) is 1.84. The molecule has 35 heavy (non-hydrogen) atoms. The first-order chi connectivity index (χ1) is 16.9. The van der Waals surface area contributed by atoms with Gasteiger partial charge in [0, 0.05) is 57.3 Å². The van der Waals surface area contributed by atoms with Crippen LogP contribution < -0.4 is 14.2 Å². The van der Waals surface area contributed by atoms with Crippen LogP contribution in [0.2, 0.25) is 5.02 Å². The number of nitrogens with zero attached hydrogens (tertiary/aromatic N) is 2. The van der Waals surface area contributed by atoms with E-state index in [0.717, 1.165) is 17.1 Å². The normalized spacial score (nSPS) is 16.7. The fourth-order valence-electron chi connectivity index (χ4n) is 4.99. The molecule has 1 aromatic heterocycles. The third-order valence-corrected chi connectivity index (χ3v) is 6.94. The van der Waals surface area contributed by atoms with Gasteiger partial charge in [-0.15, -0.1) is 0 Å². The topological polar surface area (TPSA) is 62.2 Å². The summed E-state index contributed by atoms with van der Waals surface area (Å²) < 4.78 is 25.3. The van der Waals surface area contributed by atoms with Crippen molar-refractivity contribution < 1.29 is 25.2 Å². The van der Waals surface area contributed by atoms with E-state index in [0.29, 0.717) is 54.6 Å². The molecular weight excluding hydrogens is 468 g/mol. The van der Waals surface area contributed by atoms with E-state index in [1.807, 2.05) is 42.3 Å². The number of benzene rings is 2. The lowest BCUT2D eigenvalue weighted by molar-refractivity contribution is -0.00930. The Kier molecular flexibility index (Phi) is 6.38. The number of rotatable bonds is 6. The standard InChI is InChI=1S/C27H29ClN2O5.H2/c1-18(17-32-2)34-22-9-6-19(15-24(22)33-3)26(31)29-13-10-27(11-14-29)25-5-4-12-30(25)21-8-7-20(28)16-23(21)35-27;/h4-9,12,15-16,18H,10-11,13-14,17H2,1-3H3;1H/t18-;/m0./s1. The Morgan fingerprint density at radius 3 is 2.69 bits per heavy atom. The number of likely N-dealkylation sites (tertiary alicyclic amines) is 1. The number of aromatic nitrogens is 1. The number of ether oxygens (including phenoxy) is 4. The van der Waals surface area contributed by atoms with E-state index in [1.54, 1.807) is 32.4 Å². The second kappa shape index (κ2) is 9.47.